The minimum absolute atomic E-state index is 0.176. The largest absolute Gasteiger partial charge is 0.228 e. The summed E-state index contributed by atoms with van der Waals surface area (Å²) in [7, 11) is -3.02. The molecule has 19 heavy (non-hydrogen) atoms. The van der Waals surface area contributed by atoms with E-state index in [9.17, 15) is 8.42 Å². The summed E-state index contributed by atoms with van der Waals surface area (Å²) in [5, 5.41) is 0. The number of hydrogen-bond donors (Lipinski definition) is 0. The molecule has 0 fully saturated rings. The van der Waals surface area contributed by atoms with Gasteiger partial charge in [0.2, 0.25) is 0 Å². The highest BCUT2D eigenvalue weighted by Crippen LogP contribution is 1.91. The molecule has 0 saturated heterocycles. The summed E-state index contributed by atoms with van der Waals surface area (Å²) in [4.78, 5) is 0. The Morgan fingerprint density at radius 3 is 1.37 bits per heavy atom. The second kappa shape index (κ2) is 6.43. The van der Waals surface area contributed by atoms with E-state index in [1.165, 1.54) is 0 Å². The van der Waals surface area contributed by atoms with Crippen LogP contribution in [0.15, 0.2) is 61.2 Å². The van der Waals surface area contributed by atoms with E-state index in [0.717, 1.165) is 0 Å². The first kappa shape index (κ1) is 13.7. The van der Waals surface area contributed by atoms with Gasteiger partial charge in [0.05, 0.1) is 0 Å². The third-order valence-electron chi connectivity index (χ3n) is 2.88. The Morgan fingerprint density at radius 2 is 1.00 bits per heavy atom. The van der Waals surface area contributed by atoms with Gasteiger partial charge in [-0.05, 0) is 0 Å². The molecular formula is C14H18N2O2S+2. The fourth-order valence-electron chi connectivity index (χ4n) is 1.76. The Labute approximate surface area is 113 Å². The number of pyridine rings is 2. The predicted octanol–water partition coefficient (Wildman–Crippen LogP) is 0.377. The van der Waals surface area contributed by atoms with E-state index in [0.29, 0.717) is 13.1 Å². The summed E-state index contributed by atoms with van der Waals surface area (Å²) in [5.74, 6) is 0.351. The number of aromatic nitrogens is 2. The minimum Gasteiger partial charge on any atom is -0.228 e. The third-order valence-corrected chi connectivity index (χ3v) is 4.48. The molecule has 0 unspecified atom stereocenters. The van der Waals surface area contributed by atoms with Gasteiger partial charge in [-0.1, -0.05) is 12.1 Å². The summed E-state index contributed by atoms with van der Waals surface area (Å²) in [5.41, 5.74) is 0. The summed E-state index contributed by atoms with van der Waals surface area (Å²) >= 11 is 0. The number of hydrogen-bond acceptors (Lipinski definition) is 2. The lowest BCUT2D eigenvalue weighted by molar-refractivity contribution is -0.693. The van der Waals surface area contributed by atoms with Crippen molar-refractivity contribution in [3.63, 3.8) is 0 Å². The average Bonchev–Trinajstić information content (AvgIpc) is 2.46. The van der Waals surface area contributed by atoms with Crippen LogP contribution in [0.5, 0.6) is 0 Å². The summed E-state index contributed by atoms with van der Waals surface area (Å²) in [6, 6.07) is 11.4. The normalized spacial score (nSPS) is 11.4. The van der Waals surface area contributed by atoms with Gasteiger partial charge in [0.15, 0.2) is 47.7 Å². The van der Waals surface area contributed by atoms with Crippen LogP contribution in [-0.4, -0.2) is 19.9 Å². The monoisotopic (exact) mass is 278 g/mol. The van der Waals surface area contributed by atoms with Crippen molar-refractivity contribution in [3.05, 3.63) is 61.2 Å². The molecule has 0 bridgehead atoms. The average molecular weight is 278 g/mol. The van der Waals surface area contributed by atoms with E-state index < -0.39 is 9.84 Å². The first-order valence-corrected chi connectivity index (χ1v) is 8.06. The smallest absolute Gasteiger partial charge is 0.168 e. The fourth-order valence-corrected chi connectivity index (χ4v) is 2.94. The molecule has 2 aromatic rings. The SMILES string of the molecule is O=S(=O)(CC[n+]1ccccc1)CC[n+]1ccccc1. The Hall–Kier alpha value is -1.75. The fraction of sp³-hybridized carbons (Fsp3) is 0.286. The molecule has 0 amide bonds. The molecule has 2 rings (SSSR count). The maximum atomic E-state index is 12.0. The highest BCUT2D eigenvalue weighted by Gasteiger charge is 2.16. The van der Waals surface area contributed by atoms with Crippen LogP contribution in [-0.2, 0) is 22.9 Å². The molecule has 0 radical (unpaired) electrons. The summed E-state index contributed by atoms with van der Waals surface area (Å²) in [6.45, 7) is 1.01. The predicted molar refractivity (Wildman–Crippen MR) is 71.9 cm³/mol. The van der Waals surface area contributed by atoms with Crippen LogP contribution in [0.4, 0.5) is 0 Å². The van der Waals surface area contributed by atoms with Crippen LogP contribution in [0.1, 0.15) is 0 Å². The van der Waals surface area contributed by atoms with Gasteiger partial charge in [0.1, 0.15) is 11.5 Å². The molecule has 2 heterocycles. The second-order valence-electron chi connectivity index (χ2n) is 4.38. The van der Waals surface area contributed by atoms with Gasteiger partial charge < -0.3 is 0 Å². The first-order chi connectivity index (χ1) is 9.16. The molecule has 0 atom stereocenters. The van der Waals surface area contributed by atoms with E-state index in [1.807, 2.05) is 70.3 Å². The second-order valence-corrected chi connectivity index (χ2v) is 6.68. The molecule has 0 aliphatic heterocycles. The third kappa shape index (κ3) is 4.79. The van der Waals surface area contributed by atoms with Crippen LogP contribution in [0.25, 0.3) is 0 Å². The van der Waals surface area contributed by atoms with Crippen LogP contribution < -0.4 is 9.13 Å². The molecule has 0 aromatic carbocycles. The van der Waals surface area contributed by atoms with Gasteiger partial charge in [-0.3, -0.25) is 0 Å². The molecule has 0 aliphatic carbocycles. The molecule has 4 nitrogen and oxygen atoms in total. The standard InChI is InChI=1S/C14H18N2O2S/c17-19(18,13-11-15-7-3-1-4-8-15)14-12-16-9-5-2-6-10-16/h1-10H,11-14H2/q+2. The summed E-state index contributed by atoms with van der Waals surface area (Å²) in [6.07, 6.45) is 7.51. The van der Waals surface area contributed by atoms with Crippen molar-refractivity contribution >= 4 is 9.84 Å². The van der Waals surface area contributed by atoms with Gasteiger partial charge in [-0.15, -0.1) is 0 Å². The first-order valence-electron chi connectivity index (χ1n) is 6.24. The quantitative estimate of drug-likeness (QED) is 0.717. The zero-order valence-electron chi connectivity index (χ0n) is 10.7. The Balaban J connectivity index is 1.86. The number of aryl methyl sites for hydroxylation is 2. The molecule has 2 aromatic heterocycles. The van der Waals surface area contributed by atoms with Crippen molar-refractivity contribution in [2.75, 3.05) is 11.5 Å². The van der Waals surface area contributed by atoms with E-state index >= 15 is 0 Å². The van der Waals surface area contributed by atoms with Crippen molar-refractivity contribution < 1.29 is 17.6 Å². The zero-order chi connectivity index (χ0) is 13.6. The van der Waals surface area contributed by atoms with E-state index in [4.69, 9.17) is 0 Å². The van der Waals surface area contributed by atoms with Gasteiger partial charge >= 0.3 is 0 Å². The van der Waals surface area contributed by atoms with E-state index in [-0.39, 0.29) is 11.5 Å². The number of rotatable bonds is 6. The van der Waals surface area contributed by atoms with Crippen molar-refractivity contribution in [2.45, 2.75) is 13.1 Å². The molecule has 0 N–H and O–H groups in total. The van der Waals surface area contributed by atoms with E-state index in [1.54, 1.807) is 0 Å². The van der Waals surface area contributed by atoms with Crippen LogP contribution in [0.2, 0.25) is 0 Å². The van der Waals surface area contributed by atoms with Crippen molar-refractivity contribution in [3.8, 4) is 0 Å². The molecular weight excluding hydrogens is 260 g/mol. The topological polar surface area (TPSA) is 41.9 Å². The highest BCUT2D eigenvalue weighted by atomic mass is 32.2. The Bertz CT molecular complexity index is 548. The van der Waals surface area contributed by atoms with Crippen LogP contribution >= 0.6 is 0 Å². The van der Waals surface area contributed by atoms with Crippen LogP contribution in [0, 0.1) is 0 Å². The Morgan fingerprint density at radius 1 is 0.632 bits per heavy atom. The lowest BCUT2D eigenvalue weighted by Crippen LogP contribution is -2.40. The lowest BCUT2D eigenvalue weighted by Gasteiger charge is -2.00. The Kier molecular flexibility index (Phi) is 4.63. The zero-order valence-corrected chi connectivity index (χ0v) is 11.5. The molecule has 5 heteroatoms. The van der Waals surface area contributed by atoms with Gasteiger partial charge in [0, 0.05) is 24.3 Å². The minimum atomic E-state index is -3.02. The van der Waals surface area contributed by atoms with Crippen LogP contribution in [0.3, 0.4) is 0 Å². The maximum absolute atomic E-state index is 12.0. The molecule has 0 saturated carbocycles. The maximum Gasteiger partial charge on any atom is 0.168 e. The summed E-state index contributed by atoms with van der Waals surface area (Å²) < 4.78 is 27.7. The van der Waals surface area contributed by atoms with Crippen molar-refractivity contribution in [1.82, 2.24) is 0 Å². The van der Waals surface area contributed by atoms with Crippen molar-refractivity contribution in [2.24, 2.45) is 0 Å². The number of nitrogens with zero attached hydrogens (tertiary/aromatic N) is 2. The highest BCUT2D eigenvalue weighted by molar-refractivity contribution is 7.91. The molecule has 0 aliphatic rings. The molecule has 100 valence electrons. The molecule has 0 spiro atoms. The van der Waals surface area contributed by atoms with Crippen molar-refractivity contribution in [1.29, 1.82) is 0 Å². The lowest BCUT2D eigenvalue weighted by atomic mass is 10.5. The number of sulfone groups is 1. The van der Waals surface area contributed by atoms with E-state index in [2.05, 4.69) is 0 Å². The van der Waals surface area contributed by atoms with Gasteiger partial charge in [-0.25, -0.2) is 17.6 Å². The van der Waals surface area contributed by atoms with Gasteiger partial charge in [-0.2, -0.15) is 0 Å². The van der Waals surface area contributed by atoms with Gasteiger partial charge in [0.25, 0.3) is 0 Å².